The van der Waals surface area contributed by atoms with Crippen LogP contribution in [0.4, 0.5) is 14.6 Å². The van der Waals surface area contributed by atoms with Crippen LogP contribution >= 0.6 is 11.8 Å². The van der Waals surface area contributed by atoms with Crippen molar-refractivity contribution in [3.63, 3.8) is 0 Å². The minimum absolute atomic E-state index is 0.596. The molecule has 0 atom stereocenters. The smallest absolute Gasteiger partial charge is 0.159 e. The molecule has 100 valence electrons. The van der Waals surface area contributed by atoms with Gasteiger partial charge in [0.1, 0.15) is 17.2 Å². The Balaban J connectivity index is 2.11. The Bertz CT molecular complexity index is 563. The number of anilines is 1. The summed E-state index contributed by atoms with van der Waals surface area (Å²) in [5.74, 6) is -0.984. The number of halogens is 2. The molecule has 2 aromatic rings. The quantitative estimate of drug-likeness (QED) is 0.847. The summed E-state index contributed by atoms with van der Waals surface area (Å²) < 4.78 is 25.9. The van der Waals surface area contributed by atoms with Gasteiger partial charge in [-0.05, 0) is 24.6 Å². The SMILES string of the molecule is CCCNc1cc(Sc2ccc(F)c(F)c2)ncn1. The van der Waals surface area contributed by atoms with Crippen molar-refractivity contribution in [1.29, 1.82) is 0 Å². The molecule has 0 aliphatic heterocycles. The molecule has 3 nitrogen and oxygen atoms in total. The predicted octanol–water partition coefficient (Wildman–Crippen LogP) is 3.73. The van der Waals surface area contributed by atoms with Crippen LogP contribution in [0, 0.1) is 11.6 Å². The van der Waals surface area contributed by atoms with Gasteiger partial charge in [0.2, 0.25) is 0 Å². The molecule has 0 bridgehead atoms. The highest BCUT2D eigenvalue weighted by Crippen LogP contribution is 2.27. The molecule has 0 saturated heterocycles. The van der Waals surface area contributed by atoms with Gasteiger partial charge in [0.25, 0.3) is 0 Å². The van der Waals surface area contributed by atoms with E-state index in [0.717, 1.165) is 30.9 Å². The zero-order valence-electron chi connectivity index (χ0n) is 10.4. The van der Waals surface area contributed by atoms with E-state index in [1.54, 1.807) is 6.07 Å². The van der Waals surface area contributed by atoms with Crippen LogP contribution in [0.15, 0.2) is 40.5 Å². The van der Waals surface area contributed by atoms with E-state index in [1.807, 2.05) is 0 Å². The molecular weight excluding hydrogens is 268 g/mol. The average molecular weight is 281 g/mol. The lowest BCUT2D eigenvalue weighted by Gasteiger charge is -2.05. The van der Waals surface area contributed by atoms with Crippen molar-refractivity contribution in [2.75, 3.05) is 11.9 Å². The van der Waals surface area contributed by atoms with E-state index < -0.39 is 11.6 Å². The van der Waals surface area contributed by atoms with Crippen molar-refractivity contribution in [3.8, 4) is 0 Å². The molecule has 0 amide bonds. The second kappa shape index (κ2) is 6.47. The topological polar surface area (TPSA) is 37.8 Å². The van der Waals surface area contributed by atoms with Gasteiger partial charge in [0.05, 0.1) is 0 Å². The van der Waals surface area contributed by atoms with Crippen LogP contribution in [0.1, 0.15) is 13.3 Å². The summed E-state index contributed by atoms with van der Waals surface area (Å²) >= 11 is 1.26. The van der Waals surface area contributed by atoms with Crippen LogP contribution in [0.3, 0.4) is 0 Å². The largest absolute Gasteiger partial charge is 0.370 e. The van der Waals surface area contributed by atoms with Gasteiger partial charge in [-0.2, -0.15) is 0 Å². The van der Waals surface area contributed by atoms with Gasteiger partial charge < -0.3 is 5.32 Å². The van der Waals surface area contributed by atoms with E-state index >= 15 is 0 Å². The third-order valence-corrected chi connectivity index (χ3v) is 3.23. The maximum atomic E-state index is 13.1. The Kier molecular flexibility index (Phi) is 4.68. The third kappa shape index (κ3) is 3.89. The summed E-state index contributed by atoms with van der Waals surface area (Å²) in [5, 5.41) is 3.82. The summed E-state index contributed by atoms with van der Waals surface area (Å²) in [6.45, 7) is 2.89. The van der Waals surface area contributed by atoms with Gasteiger partial charge in [0.15, 0.2) is 11.6 Å². The highest BCUT2D eigenvalue weighted by molar-refractivity contribution is 7.99. The van der Waals surface area contributed by atoms with E-state index in [4.69, 9.17) is 0 Å². The first kappa shape index (κ1) is 13.7. The summed E-state index contributed by atoms with van der Waals surface area (Å²) in [5.41, 5.74) is 0. The van der Waals surface area contributed by atoms with Gasteiger partial charge in [-0.15, -0.1) is 0 Å². The van der Waals surface area contributed by atoms with Crippen LogP contribution in [-0.4, -0.2) is 16.5 Å². The molecule has 0 unspecified atom stereocenters. The van der Waals surface area contributed by atoms with Gasteiger partial charge >= 0.3 is 0 Å². The van der Waals surface area contributed by atoms with Gasteiger partial charge in [-0.25, -0.2) is 18.7 Å². The fraction of sp³-hybridized carbons (Fsp3) is 0.231. The standard InChI is InChI=1S/C13H13F2N3S/c1-2-5-16-12-7-13(18-8-17-12)19-9-3-4-10(14)11(15)6-9/h3-4,6-8H,2,5H2,1H3,(H,16,17,18). The highest BCUT2D eigenvalue weighted by Gasteiger charge is 2.05. The third-order valence-electron chi connectivity index (χ3n) is 2.31. The second-order valence-electron chi connectivity index (χ2n) is 3.85. The fourth-order valence-corrected chi connectivity index (χ4v) is 2.22. The van der Waals surface area contributed by atoms with Crippen molar-refractivity contribution in [3.05, 3.63) is 42.2 Å². The Morgan fingerprint density at radius 3 is 2.74 bits per heavy atom. The number of rotatable bonds is 5. The lowest BCUT2D eigenvalue weighted by Crippen LogP contribution is -2.02. The number of hydrogen-bond donors (Lipinski definition) is 1. The molecule has 19 heavy (non-hydrogen) atoms. The molecule has 0 spiro atoms. The average Bonchev–Trinajstić information content (AvgIpc) is 2.41. The Morgan fingerprint density at radius 1 is 1.16 bits per heavy atom. The first-order chi connectivity index (χ1) is 9.19. The number of hydrogen-bond acceptors (Lipinski definition) is 4. The van der Waals surface area contributed by atoms with E-state index in [9.17, 15) is 8.78 Å². The van der Waals surface area contributed by atoms with Gasteiger partial charge in [-0.1, -0.05) is 18.7 Å². The lowest BCUT2D eigenvalue weighted by atomic mass is 10.3. The first-order valence-electron chi connectivity index (χ1n) is 5.88. The molecule has 0 radical (unpaired) electrons. The van der Waals surface area contributed by atoms with Crippen molar-refractivity contribution in [2.24, 2.45) is 0 Å². The van der Waals surface area contributed by atoms with E-state index in [2.05, 4.69) is 22.2 Å². The molecule has 0 saturated carbocycles. The van der Waals surface area contributed by atoms with Crippen molar-refractivity contribution in [1.82, 2.24) is 9.97 Å². The first-order valence-corrected chi connectivity index (χ1v) is 6.69. The van der Waals surface area contributed by atoms with Crippen molar-refractivity contribution in [2.45, 2.75) is 23.3 Å². The van der Waals surface area contributed by atoms with Crippen LogP contribution in [-0.2, 0) is 0 Å². The zero-order valence-corrected chi connectivity index (χ0v) is 11.2. The molecule has 0 fully saturated rings. The predicted molar refractivity (Wildman–Crippen MR) is 71.3 cm³/mol. The minimum atomic E-state index is -0.858. The maximum absolute atomic E-state index is 13.1. The van der Waals surface area contributed by atoms with Gasteiger partial charge in [0, 0.05) is 17.5 Å². The molecule has 2 rings (SSSR count). The summed E-state index contributed by atoms with van der Waals surface area (Å²) in [6.07, 6.45) is 2.44. The Hall–Kier alpha value is -1.69. The molecule has 0 aliphatic rings. The normalized spacial score (nSPS) is 10.5. The Morgan fingerprint density at radius 2 is 2.00 bits per heavy atom. The second-order valence-corrected chi connectivity index (χ2v) is 4.94. The number of aromatic nitrogens is 2. The molecule has 0 aliphatic carbocycles. The fourth-order valence-electron chi connectivity index (χ4n) is 1.41. The molecule has 1 heterocycles. The van der Waals surface area contributed by atoms with Crippen LogP contribution in [0.2, 0.25) is 0 Å². The number of nitrogens with zero attached hydrogens (tertiary/aromatic N) is 2. The number of benzene rings is 1. The van der Waals surface area contributed by atoms with Crippen molar-refractivity contribution >= 4 is 17.6 Å². The summed E-state index contributed by atoms with van der Waals surface area (Å²) in [7, 11) is 0. The Labute approximate surface area is 114 Å². The van der Waals surface area contributed by atoms with Crippen molar-refractivity contribution < 1.29 is 8.78 Å². The monoisotopic (exact) mass is 281 g/mol. The molecule has 1 aromatic carbocycles. The molecule has 6 heteroatoms. The molecular formula is C13H13F2N3S. The van der Waals surface area contributed by atoms with Crippen LogP contribution in [0.5, 0.6) is 0 Å². The zero-order chi connectivity index (χ0) is 13.7. The summed E-state index contributed by atoms with van der Waals surface area (Å²) in [4.78, 5) is 8.77. The lowest BCUT2D eigenvalue weighted by molar-refractivity contribution is 0.506. The number of nitrogens with one attached hydrogen (secondary N) is 1. The van der Waals surface area contributed by atoms with E-state index in [0.29, 0.717) is 9.92 Å². The highest BCUT2D eigenvalue weighted by atomic mass is 32.2. The van der Waals surface area contributed by atoms with E-state index in [-0.39, 0.29) is 0 Å². The molecule has 1 N–H and O–H groups in total. The van der Waals surface area contributed by atoms with Crippen LogP contribution < -0.4 is 5.32 Å². The van der Waals surface area contributed by atoms with E-state index in [1.165, 1.54) is 24.2 Å². The minimum Gasteiger partial charge on any atom is -0.370 e. The maximum Gasteiger partial charge on any atom is 0.159 e. The molecule has 1 aromatic heterocycles. The summed E-state index contributed by atoms with van der Waals surface area (Å²) in [6, 6.07) is 5.56. The van der Waals surface area contributed by atoms with Gasteiger partial charge in [-0.3, -0.25) is 0 Å². The van der Waals surface area contributed by atoms with Crippen LogP contribution in [0.25, 0.3) is 0 Å².